The van der Waals surface area contributed by atoms with Crippen molar-refractivity contribution < 1.29 is 9.18 Å². The Kier molecular flexibility index (Phi) is 5.42. The molecule has 1 fully saturated rings. The van der Waals surface area contributed by atoms with Gasteiger partial charge in [0.2, 0.25) is 0 Å². The summed E-state index contributed by atoms with van der Waals surface area (Å²) in [6.07, 6.45) is 1.17. The molecule has 0 atom stereocenters. The molecule has 4 heterocycles. The maximum absolute atomic E-state index is 14.4. The SMILES string of the molecule is CC(C)c1ncc(F)c(Nc2n[nH]c3c2CN(C(=O)N2CCNC(C)(C)C2(C)C)C3(C)C)n1. The minimum atomic E-state index is -0.599. The van der Waals surface area contributed by atoms with E-state index in [1.165, 1.54) is 6.20 Å². The van der Waals surface area contributed by atoms with Crippen LogP contribution < -0.4 is 10.6 Å². The first kappa shape index (κ1) is 23.4. The molecule has 2 aliphatic rings. The summed E-state index contributed by atoms with van der Waals surface area (Å²) in [7, 11) is 0. The van der Waals surface area contributed by atoms with E-state index in [0.29, 0.717) is 24.7 Å². The van der Waals surface area contributed by atoms with E-state index in [0.717, 1.165) is 17.8 Å². The Labute approximate surface area is 194 Å². The number of urea groups is 1. The van der Waals surface area contributed by atoms with E-state index in [4.69, 9.17) is 0 Å². The van der Waals surface area contributed by atoms with Crippen LogP contribution >= 0.6 is 0 Å². The van der Waals surface area contributed by atoms with Gasteiger partial charge in [0.05, 0.1) is 29.5 Å². The highest BCUT2D eigenvalue weighted by Crippen LogP contribution is 2.43. The summed E-state index contributed by atoms with van der Waals surface area (Å²) in [4.78, 5) is 26.0. The maximum atomic E-state index is 14.4. The Morgan fingerprint density at radius 1 is 1.15 bits per heavy atom. The van der Waals surface area contributed by atoms with Crippen molar-refractivity contribution in [3.05, 3.63) is 29.1 Å². The Morgan fingerprint density at radius 2 is 1.85 bits per heavy atom. The van der Waals surface area contributed by atoms with Crippen molar-refractivity contribution in [2.45, 2.75) is 84.5 Å². The van der Waals surface area contributed by atoms with Crippen LogP contribution in [0.4, 0.5) is 20.8 Å². The van der Waals surface area contributed by atoms with Gasteiger partial charge in [-0.3, -0.25) is 5.10 Å². The number of piperazine rings is 1. The highest BCUT2D eigenvalue weighted by Gasteiger charge is 2.51. The molecular formula is C23H35FN8O. The summed E-state index contributed by atoms with van der Waals surface area (Å²) in [6, 6.07) is -0.0227. The first-order valence-electron chi connectivity index (χ1n) is 11.5. The van der Waals surface area contributed by atoms with Gasteiger partial charge in [-0.25, -0.2) is 19.2 Å². The number of fused-ring (bicyclic) bond motifs is 1. The number of aromatic nitrogens is 4. The number of carbonyl (C=O) groups excluding carboxylic acids is 1. The number of nitrogens with one attached hydrogen (secondary N) is 3. The standard InChI is InChI=1S/C23H35FN8O/c1-13(2)17-25-11-15(24)19(27-17)28-18-14-12-32(21(3,4)16(14)29-30-18)20(33)31-10-9-26-22(5,6)23(31,7)8/h11,13,26H,9-10,12H2,1-8H3,(H2,25,27,28,29,30). The van der Waals surface area contributed by atoms with Gasteiger partial charge in [-0.1, -0.05) is 13.8 Å². The van der Waals surface area contributed by atoms with Gasteiger partial charge in [0, 0.05) is 30.1 Å². The number of amides is 2. The fourth-order valence-electron chi connectivity index (χ4n) is 4.58. The molecule has 1 saturated heterocycles. The summed E-state index contributed by atoms with van der Waals surface area (Å²) >= 11 is 0. The van der Waals surface area contributed by atoms with Crippen LogP contribution in [0.2, 0.25) is 0 Å². The van der Waals surface area contributed by atoms with Crippen molar-refractivity contribution >= 4 is 17.7 Å². The lowest BCUT2D eigenvalue weighted by Gasteiger charge is -2.55. The van der Waals surface area contributed by atoms with Gasteiger partial charge < -0.3 is 20.4 Å². The molecule has 33 heavy (non-hydrogen) atoms. The lowest BCUT2D eigenvalue weighted by Crippen LogP contribution is -2.72. The largest absolute Gasteiger partial charge is 0.321 e. The Bertz CT molecular complexity index is 1070. The summed E-state index contributed by atoms with van der Waals surface area (Å²) in [6.45, 7) is 18.1. The normalized spacial score (nSPS) is 20.8. The zero-order chi connectivity index (χ0) is 24.3. The third-order valence-electron chi connectivity index (χ3n) is 7.55. The lowest BCUT2D eigenvalue weighted by molar-refractivity contribution is 0.00829. The van der Waals surface area contributed by atoms with Crippen LogP contribution in [0, 0.1) is 5.82 Å². The summed E-state index contributed by atoms with van der Waals surface area (Å²) in [5, 5.41) is 14.0. The van der Waals surface area contributed by atoms with Crippen molar-refractivity contribution in [3.63, 3.8) is 0 Å². The van der Waals surface area contributed by atoms with E-state index in [2.05, 4.69) is 58.5 Å². The molecule has 2 amide bonds. The second-order valence-corrected chi connectivity index (χ2v) is 10.8. The summed E-state index contributed by atoms with van der Waals surface area (Å²) in [5.74, 6) is 0.615. The molecule has 2 aromatic heterocycles. The second-order valence-electron chi connectivity index (χ2n) is 10.8. The van der Waals surface area contributed by atoms with Crippen LogP contribution in [0.25, 0.3) is 0 Å². The minimum absolute atomic E-state index is 0.0227. The molecular weight excluding hydrogens is 423 g/mol. The number of carbonyl (C=O) groups is 1. The quantitative estimate of drug-likeness (QED) is 0.646. The van der Waals surface area contributed by atoms with Gasteiger partial charge in [0.25, 0.3) is 0 Å². The highest BCUT2D eigenvalue weighted by molar-refractivity contribution is 5.79. The number of anilines is 2. The summed E-state index contributed by atoms with van der Waals surface area (Å²) < 4.78 is 14.4. The molecule has 10 heteroatoms. The van der Waals surface area contributed by atoms with Crippen LogP contribution in [-0.4, -0.2) is 60.2 Å². The Hall–Kier alpha value is -2.75. The lowest BCUT2D eigenvalue weighted by atomic mass is 9.79. The van der Waals surface area contributed by atoms with Crippen LogP contribution in [0.3, 0.4) is 0 Å². The van der Waals surface area contributed by atoms with Crippen molar-refractivity contribution in [2.75, 3.05) is 18.4 Å². The van der Waals surface area contributed by atoms with Gasteiger partial charge in [-0.2, -0.15) is 5.10 Å². The van der Waals surface area contributed by atoms with Crippen LogP contribution in [0.5, 0.6) is 0 Å². The van der Waals surface area contributed by atoms with Crippen LogP contribution in [-0.2, 0) is 12.1 Å². The molecule has 0 saturated carbocycles. The predicted octanol–water partition coefficient (Wildman–Crippen LogP) is 3.84. The van der Waals surface area contributed by atoms with E-state index in [9.17, 15) is 9.18 Å². The number of nitrogens with zero attached hydrogens (tertiary/aromatic N) is 5. The number of aromatic amines is 1. The van der Waals surface area contributed by atoms with Gasteiger partial charge in [-0.15, -0.1) is 0 Å². The van der Waals surface area contributed by atoms with Gasteiger partial charge >= 0.3 is 6.03 Å². The number of rotatable bonds is 3. The zero-order valence-corrected chi connectivity index (χ0v) is 20.8. The van der Waals surface area contributed by atoms with Crippen molar-refractivity contribution in [2.24, 2.45) is 0 Å². The smallest absolute Gasteiger partial charge is 0.321 e. The molecule has 9 nitrogen and oxygen atoms in total. The highest BCUT2D eigenvalue weighted by atomic mass is 19.1. The summed E-state index contributed by atoms with van der Waals surface area (Å²) in [5.41, 5.74) is 0.462. The van der Waals surface area contributed by atoms with E-state index < -0.39 is 11.4 Å². The first-order valence-corrected chi connectivity index (χ1v) is 11.5. The Balaban J connectivity index is 1.63. The average molecular weight is 459 g/mol. The average Bonchev–Trinajstić information content (AvgIpc) is 3.23. The molecule has 2 aliphatic heterocycles. The van der Waals surface area contributed by atoms with Crippen LogP contribution in [0.1, 0.15) is 78.4 Å². The molecule has 4 rings (SSSR count). The molecule has 3 N–H and O–H groups in total. The van der Waals surface area contributed by atoms with E-state index in [1.54, 1.807) is 0 Å². The molecule has 2 aromatic rings. The van der Waals surface area contributed by atoms with Gasteiger partial charge in [0.15, 0.2) is 17.5 Å². The third-order valence-corrected chi connectivity index (χ3v) is 7.55. The van der Waals surface area contributed by atoms with Crippen molar-refractivity contribution in [3.8, 4) is 0 Å². The minimum Gasteiger partial charge on any atom is -0.321 e. The maximum Gasteiger partial charge on any atom is 0.321 e. The van der Waals surface area contributed by atoms with Crippen LogP contribution in [0.15, 0.2) is 6.20 Å². The van der Waals surface area contributed by atoms with E-state index in [1.807, 2.05) is 37.5 Å². The third kappa shape index (κ3) is 3.64. The van der Waals surface area contributed by atoms with Gasteiger partial charge in [-0.05, 0) is 41.5 Å². The van der Waals surface area contributed by atoms with Gasteiger partial charge in [0.1, 0.15) is 5.82 Å². The Morgan fingerprint density at radius 3 is 2.52 bits per heavy atom. The monoisotopic (exact) mass is 458 g/mol. The number of H-pyrrole nitrogens is 1. The molecule has 0 aliphatic carbocycles. The van der Waals surface area contributed by atoms with Crippen molar-refractivity contribution in [1.82, 2.24) is 35.3 Å². The van der Waals surface area contributed by atoms with E-state index >= 15 is 0 Å². The topological polar surface area (TPSA) is 102 Å². The fourth-order valence-corrected chi connectivity index (χ4v) is 4.58. The molecule has 0 bridgehead atoms. The van der Waals surface area contributed by atoms with Crippen molar-refractivity contribution in [1.29, 1.82) is 0 Å². The molecule has 0 aromatic carbocycles. The first-order chi connectivity index (χ1) is 15.3. The number of hydrogen-bond donors (Lipinski definition) is 3. The molecule has 0 radical (unpaired) electrons. The molecule has 0 unspecified atom stereocenters. The fraction of sp³-hybridized carbons (Fsp3) is 0.652. The van der Waals surface area contributed by atoms with E-state index in [-0.39, 0.29) is 28.8 Å². The molecule has 180 valence electrons. The zero-order valence-electron chi connectivity index (χ0n) is 20.8. The predicted molar refractivity (Wildman–Crippen MR) is 125 cm³/mol. The number of halogens is 1. The second kappa shape index (κ2) is 7.65. The number of hydrogen-bond acceptors (Lipinski definition) is 6. The molecule has 0 spiro atoms.